The molecule has 1 heterocycles. The maximum atomic E-state index is 6.39. The van der Waals surface area contributed by atoms with Crippen LogP contribution >= 0.6 is 23.2 Å². The zero-order chi connectivity index (χ0) is 18.8. The van der Waals surface area contributed by atoms with E-state index in [0.29, 0.717) is 23.2 Å². The molecule has 0 amide bonds. The van der Waals surface area contributed by atoms with Gasteiger partial charge in [-0.2, -0.15) is 0 Å². The summed E-state index contributed by atoms with van der Waals surface area (Å²) in [7, 11) is 0. The first-order valence-electron chi connectivity index (χ1n) is 8.69. The predicted molar refractivity (Wildman–Crippen MR) is 111 cm³/mol. The number of para-hydroxylation sites is 3. The first kappa shape index (κ1) is 17.9. The number of rotatable bonds is 5. The third-order valence-electron chi connectivity index (χ3n) is 4.56. The minimum atomic E-state index is 0.363. The molecule has 0 spiro atoms. The van der Waals surface area contributed by atoms with Gasteiger partial charge < -0.3 is 9.30 Å². The molecule has 0 aliphatic carbocycles. The highest BCUT2D eigenvalue weighted by molar-refractivity contribution is 6.36. The Hall–Kier alpha value is -2.49. The van der Waals surface area contributed by atoms with Crippen LogP contribution in [0.4, 0.5) is 0 Å². The van der Waals surface area contributed by atoms with Crippen molar-refractivity contribution in [1.82, 2.24) is 9.55 Å². The summed E-state index contributed by atoms with van der Waals surface area (Å²) in [6, 6.07) is 21.5. The Morgan fingerprint density at radius 2 is 1.59 bits per heavy atom. The van der Waals surface area contributed by atoms with E-state index in [2.05, 4.69) is 4.57 Å². The van der Waals surface area contributed by atoms with Crippen LogP contribution in [0.3, 0.4) is 0 Å². The van der Waals surface area contributed by atoms with Gasteiger partial charge in [0.05, 0.1) is 17.6 Å². The number of nitrogens with zero attached hydrogens (tertiary/aromatic N) is 2. The molecule has 0 aliphatic rings. The molecule has 0 saturated heterocycles. The van der Waals surface area contributed by atoms with Gasteiger partial charge in [0, 0.05) is 15.6 Å². The van der Waals surface area contributed by atoms with E-state index in [4.69, 9.17) is 32.9 Å². The maximum absolute atomic E-state index is 6.39. The highest BCUT2D eigenvalue weighted by Gasteiger charge is 2.15. The van der Waals surface area contributed by atoms with Gasteiger partial charge in [0.15, 0.2) is 0 Å². The molecule has 0 saturated carbocycles. The average Bonchev–Trinajstić information content (AvgIpc) is 3.02. The number of hydrogen-bond donors (Lipinski definition) is 0. The lowest BCUT2D eigenvalue weighted by Crippen LogP contribution is -2.09. The van der Waals surface area contributed by atoms with Gasteiger partial charge in [-0.05, 0) is 42.8 Å². The van der Waals surface area contributed by atoms with Gasteiger partial charge in [0.2, 0.25) is 0 Å². The smallest absolute Gasteiger partial charge is 0.148 e. The minimum Gasteiger partial charge on any atom is -0.485 e. The molecular weight excluding hydrogens is 379 g/mol. The van der Waals surface area contributed by atoms with Crippen molar-refractivity contribution in [2.75, 3.05) is 0 Å². The second-order valence-corrected chi connectivity index (χ2v) is 7.17. The van der Waals surface area contributed by atoms with Crippen LogP contribution in [0.25, 0.3) is 11.0 Å². The van der Waals surface area contributed by atoms with E-state index in [-0.39, 0.29) is 0 Å². The normalized spacial score (nSPS) is 11.1. The van der Waals surface area contributed by atoms with E-state index in [1.165, 1.54) is 0 Å². The molecule has 4 rings (SSSR count). The largest absolute Gasteiger partial charge is 0.485 e. The second kappa shape index (κ2) is 7.63. The van der Waals surface area contributed by atoms with Crippen molar-refractivity contribution < 1.29 is 4.74 Å². The lowest BCUT2D eigenvalue weighted by molar-refractivity contribution is 0.289. The van der Waals surface area contributed by atoms with Crippen LogP contribution in [-0.2, 0) is 13.2 Å². The number of halogens is 2. The first-order chi connectivity index (χ1) is 13.1. The number of fused-ring (bicyclic) bond motifs is 1. The third kappa shape index (κ3) is 3.66. The van der Waals surface area contributed by atoms with Gasteiger partial charge in [0.25, 0.3) is 0 Å². The molecule has 0 radical (unpaired) electrons. The SMILES string of the molecule is Cc1ccccc1OCc1nc2ccccc2n1Cc1c(Cl)cccc1Cl. The molecule has 0 unspecified atom stereocenters. The molecule has 0 bridgehead atoms. The summed E-state index contributed by atoms with van der Waals surface area (Å²) >= 11 is 12.8. The molecule has 136 valence electrons. The highest BCUT2D eigenvalue weighted by atomic mass is 35.5. The minimum absolute atomic E-state index is 0.363. The van der Waals surface area contributed by atoms with Crippen LogP contribution in [0.5, 0.6) is 5.75 Å². The number of ether oxygens (including phenoxy) is 1. The highest BCUT2D eigenvalue weighted by Crippen LogP contribution is 2.28. The third-order valence-corrected chi connectivity index (χ3v) is 5.27. The number of aromatic nitrogens is 2. The first-order valence-corrected chi connectivity index (χ1v) is 9.44. The Balaban J connectivity index is 1.72. The molecule has 0 N–H and O–H groups in total. The lowest BCUT2D eigenvalue weighted by Gasteiger charge is -2.13. The van der Waals surface area contributed by atoms with Crippen LogP contribution < -0.4 is 4.74 Å². The summed E-state index contributed by atoms with van der Waals surface area (Å²) in [5.41, 5.74) is 3.91. The van der Waals surface area contributed by atoms with Crippen molar-refractivity contribution in [3.8, 4) is 5.75 Å². The van der Waals surface area contributed by atoms with Gasteiger partial charge in [-0.1, -0.05) is 59.6 Å². The summed E-state index contributed by atoms with van der Waals surface area (Å²) in [5, 5.41) is 1.29. The number of imidazole rings is 1. The molecule has 0 atom stereocenters. The van der Waals surface area contributed by atoms with Gasteiger partial charge >= 0.3 is 0 Å². The van der Waals surface area contributed by atoms with Crippen molar-refractivity contribution in [2.24, 2.45) is 0 Å². The van der Waals surface area contributed by atoms with Crippen LogP contribution in [0.2, 0.25) is 10.0 Å². The van der Waals surface area contributed by atoms with Gasteiger partial charge in [-0.15, -0.1) is 0 Å². The van der Waals surface area contributed by atoms with Crippen molar-refractivity contribution >= 4 is 34.2 Å². The molecule has 3 aromatic carbocycles. The van der Waals surface area contributed by atoms with Gasteiger partial charge in [0.1, 0.15) is 18.2 Å². The summed E-state index contributed by atoms with van der Waals surface area (Å²) < 4.78 is 8.15. The van der Waals surface area contributed by atoms with Gasteiger partial charge in [-0.3, -0.25) is 0 Å². The van der Waals surface area contributed by atoms with Crippen molar-refractivity contribution in [3.05, 3.63) is 93.7 Å². The van der Waals surface area contributed by atoms with E-state index in [1.54, 1.807) is 0 Å². The predicted octanol–water partition coefficient (Wildman–Crippen LogP) is 6.28. The molecule has 0 aliphatic heterocycles. The van der Waals surface area contributed by atoms with Crippen molar-refractivity contribution in [1.29, 1.82) is 0 Å². The Morgan fingerprint density at radius 1 is 0.889 bits per heavy atom. The van der Waals surface area contributed by atoms with E-state index < -0.39 is 0 Å². The van der Waals surface area contributed by atoms with Crippen LogP contribution in [0, 0.1) is 6.92 Å². The Kier molecular flexibility index (Phi) is 5.06. The van der Waals surface area contributed by atoms with E-state index in [9.17, 15) is 0 Å². The Bertz CT molecular complexity index is 1080. The lowest BCUT2D eigenvalue weighted by atomic mass is 10.2. The molecule has 0 fully saturated rings. The van der Waals surface area contributed by atoms with E-state index >= 15 is 0 Å². The molecular formula is C22H18Cl2N2O. The summed E-state index contributed by atoms with van der Waals surface area (Å²) in [5.74, 6) is 1.68. The standard InChI is InChI=1S/C22H18Cl2N2O/c1-15-7-2-5-12-21(15)27-14-22-25-19-10-3-4-11-20(19)26(22)13-16-17(23)8-6-9-18(16)24/h2-12H,13-14H2,1H3. The number of benzene rings is 3. The van der Waals surface area contributed by atoms with Gasteiger partial charge in [-0.25, -0.2) is 4.98 Å². The van der Waals surface area contributed by atoms with Crippen molar-refractivity contribution in [3.63, 3.8) is 0 Å². The summed E-state index contributed by atoms with van der Waals surface area (Å²) in [4.78, 5) is 4.76. The fraction of sp³-hybridized carbons (Fsp3) is 0.136. The van der Waals surface area contributed by atoms with Crippen LogP contribution in [0.1, 0.15) is 17.0 Å². The van der Waals surface area contributed by atoms with E-state index in [0.717, 1.165) is 33.7 Å². The Morgan fingerprint density at radius 3 is 2.37 bits per heavy atom. The summed E-state index contributed by atoms with van der Waals surface area (Å²) in [6.45, 7) is 2.93. The Labute approximate surface area is 168 Å². The molecule has 3 nitrogen and oxygen atoms in total. The molecule has 27 heavy (non-hydrogen) atoms. The second-order valence-electron chi connectivity index (χ2n) is 6.36. The maximum Gasteiger partial charge on any atom is 0.148 e. The fourth-order valence-corrected chi connectivity index (χ4v) is 3.63. The summed E-state index contributed by atoms with van der Waals surface area (Å²) in [6.07, 6.45) is 0. The fourth-order valence-electron chi connectivity index (χ4n) is 3.11. The monoisotopic (exact) mass is 396 g/mol. The molecule has 4 aromatic rings. The van der Waals surface area contributed by atoms with Crippen LogP contribution in [-0.4, -0.2) is 9.55 Å². The quantitative estimate of drug-likeness (QED) is 0.396. The molecule has 1 aromatic heterocycles. The zero-order valence-electron chi connectivity index (χ0n) is 14.8. The average molecular weight is 397 g/mol. The van der Waals surface area contributed by atoms with Crippen LogP contribution in [0.15, 0.2) is 66.7 Å². The van der Waals surface area contributed by atoms with E-state index in [1.807, 2.05) is 73.7 Å². The number of hydrogen-bond acceptors (Lipinski definition) is 2. The molecule has 5 heteroatoms. The topological polar surface area (TPSA) is 27.1 Å². The van der Waals surface area contributed by atoms with Crippen molar-refractivity contribution in [2.45, 2.75) is 20.1 Å². The number of aryl methyl sites for hydroxylation is 1. The zero-order valence-corrected chi connectivity index (χ0v) is 16.3.